The number of fused-ring (bicyclic) bond motifs is 1. The van der Waals surface area contributed by atoms with Crippen molar-refractivity contribution < 1.29 is 14.3 Å². The molecule has 0 spiro atoms. The summed E-state index contributed by atoms with van der Waals surface area (Å²) in [6.45, 7) is 0.0119. The zero-order valence-electron chi connectivity index (χ0n) is 13.8. The maximum absolute atomic E-state index is 12.5. The van der Waals surface area contributed by atoms with Gasteiger partial charge in [-0.3, -0.25) is 9.59 Å². The Labute approximate surface area is 153 Å². The van der Waals surface area contributed by atoms with Crippen molar-refractivity contribution in [3.05, 3.63) is 58.9 Å². The number of nitrogens with zero attached hydrogens (tertiary/aromatic N) is 2. The number of methoxy groups -OCH3 is 1. The number of amides is 1. The van der Waals surface area contributed by atoms with Crippen LogP contribution in [0.4, 0.5) is 0 Å². The van der Waals surface area contributed by atoms with E-state index in [1.807, 2.05) is 42.7 Å². The monoisotopic (exact) mass is 372 g/mol. The third-order valence-corrected chi connectivity index (χ3v) is 5.44. The topological polar surface area (TPSA) is 60.7 Å². The highest BCUT2D eigenvalue weighted by molar-refractivity contribution is 7.98. The molecule has 7 heteroatoms. The van der Waals surface area contributed by atoms with E-state index in [-0.39, 0.29) is 18.4 Å². The van der Waals surface area contributed by atoms with Crippen molar-refractivity contribution in [2.75, 3.05) is 13.4 Å². The van der Waals surface area contributed by atoms with Crippen molar-refractivity contribution in [1.82, 2.24) is 4.57 Å². The third kappa shape index (κ3) is 3.83. The molecule has 0 aliphatic rings. The fraction of sp³-hybridized carbons (Fsp3) is 0.167. The molecule has 3 aromatic rings. The summed E-state index contributed by atoms with van der Waals surface area (Å²) in [6, 6.07) is 14.9. The van der Waals surface area contributed by atoms with Crippen LogP contribution in [0.25, 0.3) is 10.2 Å². The van der Waals surface area contributed by atoms with Gasteiger partial charge < -0.3 is 9.30 Å². The molecule has 0 saturated heterocycles. The van der Waals surface area contributed by atoms with E-state index in [0.717, 1.165) is 15.1 Å². The lowest BCUT2D eigenvalue weighted by molar-refractivity contribution is -0.141. The first-order valence-corrected chi connectivity index (χ1v) is 9.55. The second kappa shape index (κ2) is 7.67. The maximum Gasteiger partial charge on any atom is 0.325 e. The van der Waals surface area contributed by atoms with Crippen molar-refractivity contribution in [2.45, 2.75) is 11.4 Å². The zero-order valence-corrected chi connectivity index (χ0v) is 15.4. The Morgan fingerprint density at radius 3 is 2.56 bits per heavy atom. The minimum absolute atomic E-state index is 0.0119. The highest BCUT2D eigenvalue weighted by Gasteiger charge is 2.12. The van der Waals surface area contributed by atoms with Crippen LogP contribution in [0.15, 0.2) is 58.4 Å². The van der Waals surface area contributed by atoms with E-state index in [1.54, 1.807) is 28.5 Å². The Kier molecular flexibility index (Phi) is 5.35. The molecule has 0 fully saturated rings. The van der Waals surface area contributed by atoms with Gasteiger partial charge in [-0.1, -0.05) is 23.5 Å². The van der Waals surface area contributed by atoms with Crippen LogP contribution >= 0.6 is 23.1 Å². The van der Waals surface area contributed by atoms with Crippen molar-refractivity contribution in [3.8, 4) is 0 Å². The Morgan fingerprint density at radius 2 is 1.88 bits per heavy atom. The van der Waals surface area contributed by atoms with Gasteiger partial charge in [0.05, 0.1) is 17.3 Å². The molecule has 0 atom stereocenters. The molecule has 0 bridgehead atoms. The fourth-order valence-corrected chi connectivity index (χ4v) is 3.77. The molecule has 128 valence electrons. The Hall–Kier alpha value is -2.38. The SMILES string of the molecule is COC(=O)Cn1c(=NC(=O)c2ccc(SC)cc2)sc2ccccc21. The van der Waals surface area contributed by atoms with Crippen molar-refractivity contribution >= 4 is 45.2 Å². The number of rotatable bonds is 4. The number of carbonyl (C=O) groups is 2. The highest BCUT2D eigenvalue weighted by Crippen LogP contribution is 2.18. The Bertz CT molecular complexity index is 987. The maximum atomic E-state index is 12.5. The third-order valence-electron chi connectivity index (χ3n) is 3.64. The van der Waals surface area contributed by atoms with Gasteiger partial charge in [0.25, 0.3) is 5.91 Å². The van der Waals surface area contributed by atoms with Crippen molar-refractivity contribution in [3.63, 3.8) is 0 Å². The smallest absolute Gasteiger partial charge is 0.325 e. The molecule has 0 unspecified atom stereocenters. The Morgan fingerprint density at radius 1 is 1.16 bits per heavy atom. The number of carbonyl (C=O) groups excluding carboxylic acids is 2. The highest BCUT2D eigenvalue weighted by atomic mass is 32.2. The normalized spacial score (nSPS) is 11.7. The molecule has 5 nitrogen and oxygen atoms in total. The van der Waals surface area contributed by atoms with E-state index >= 15 is 0 Å². The van der Waals surface area contributed by atoms with Gasteiger partial charge >= 0.3 is 5.97 Å². The van der Waals surface area contributed by atoms with E-state index in [9.17, 15) is 9.59 Å². The Balaban J connectivity index is 2.06. The lowest BCUT2D eigenvalue weighted by Crippen LogP contribution is -2.22. The van der Waals surface area contributed by atoms with Crippen molar-refractivity contribution in [1.29, 1.82) is 0 Å². The number of aromatic nitrogens is 1. The van der Waals surface area contributed by atoms with Gasteiger partial charge in [0.15, 0.2) is 4.80 Å². The van der Waals surface area contributed by atoms with Gasteiger partial charge in [0, 0.05) is 10.5 Å². The molecule has 0 saturated carbocycles. The molecular formula is C18H16N2O3S2. The van der Waals surface area contributed by atoms with Crippen LogP contribution in [0.3, 0.4) is 0 Å². The van der Waals surface area contributed by atoms with Crippen LogP contribution in [-0.4, -0.2) is 29.8 Å². The molecule has 3 rings (SSSR count). The van der Waals surface area contributed by atoms with Crippen LogP contribution < -0.4 is 4.80 Å². The average Bonchev–Trinajstić information content (AvgIpc) is 2.98. The first-order chi connectivity index (χ1) is 12.1. The number of thiazole rings is 1. The summed E-state index contributed by atoms with van der Waals surface area (Å²) in [5.74, 6) is -0.723. The van der Waals surface area contributed by atoms with E-state index in [0.29, 0.717) is 10.4 Å². The first kappa shape index (κ1) is 17.4. The standard InChI is InChI=1S/C18H16N2O3S2/c1-23-16(21)11-20-14-5-3-4-6-15(14)25-18(20)19-17(22)12-7-9-13(24-2)10-8-12/h3-10H,11H2,1-2H3. The average molecular weight is 372 g/mol. The van der Waals surface area contributed by atoms with Gasteiger partial charge in [-0.2, -0.15) is 4.99 Å². The molecule has 25 heavy (non-hydrogen) atoms. The molecule has 0 aliphatic carbocycles. The first-order valence-electron chi connectivity index (χ1n) is 7.50. The molecule has 0 radical (unpaired) electrons. The number of thioether (sulfide) groups is 1. The van der Waals surface area contributed by atoms with Crippen LogP contribution in [-0.2, 0) is 16.1 Å². The number of hydrogen-bond donors (Lipinski definition) is 0. The molecule has 1 amide bonds. The van der Waals surface area contributed by atoms with Crippen LogP contribution in [0.2, 0.25) is 0 Å². The van der Waals surface area contributed by atoms with Gasteiger partial charge in [0.1, 0.15) is 6.54 Å². The number of ether oxygens (including phenoxy) is 1. The lowest BCUT2D eigenvalue weighted by Gasteiger charge is -2.03. The molecule has 0 N–H and O–H groups in total. The second-order valence-electron chi connectivity index (χ2n) is 5.16. The van der Waals surface area contributed by atoms with E-state index in [4.69, 9.17) is 4.74 Å². The quantitative estimate of drug-likeness (QED) is 0.521. The summed E-state index contributed by atoms with van der Waals surface area (Å²) in [4.78, 5) is 30.0. The minimum atomic E-state index is -0.387. The lowest BCUT2D eigenvalue weighted by atomic mass is 10.2. The predicted octanol–water partition coefficient (Wildman–Crippen LogP) is 3.34. The van der Waals surface area contributed by atoms with Crippen LogP contribution in [0.1, 0.15) is 10.4 Å². The summed E-state index contributed by atoms with van der Waals surface area (Å²) in [5, 5.41) is 0. The molecular weight excluding hydrogens is 356 g/mol. The van der Waals surface area contributed by atoms with E-state index in [2.05, 4.69) is 4.99 Å². The van der Waals surface area contributed by atoms with Gasteiger partial charge in [-0.15, -0.1) is 11.8 Å². The summed E-state index contributed by atoms with van der Waals surface area (Å²) in [5.41, 5.74) is 1.36. The summed E-state index contributed by atoms with van der Waals surface area (Å²) in [7, 11) is 1.34. The second-order valence-corrected chi connectivity index (χ2v) is 7.05. The number of benzene rings is 2. The summed E-state index contributed by atoms with van der Waals surface area (Å²) in [6.07, 6.45) is 1.98. The van der Waals surface area contributed by atoms with Gasteiger partial charge in [-0.25, -0.2) is 0 Å². The van der Waals surface area contributed by atoms with E-state index in [1.165, 1.54) is 18.4 Å². The van der Waals surface area contributed by atoms with E-state index < -0.39 is 0 Å². The molecule has 2 aromatic carbocycles. The fourth-order valence-electron chi connectivity index (χ4n) is 2.34. The molecule has 1 aromatic heterocycles. The van der Waals surface area contributed by atoms with Gasteiger partial charge in [-0.05, 0) is 42.7 Å². The number of esters is 1. The molecule has 1 heterocycles. The van der Waals surface area contributed by atoms with Gasteiger partial charge in [0.2, 0.25) is 0 Å². The number of hydrogen-bond acceptors (Lipinski definition) is 5. The van der Waals surface area contributed by atoms with Crippen LogP contribution in [0, 0.1) is 0 Å². The molecule has 0 aliphatic heterocycles. The number of para-hydroxylation sites is 1. The van der Waals surface area contributed by atoms with Crippen LogP contribution in [0.5, 0.6) is 0 Å². The largest absolute Gasteiger partial charge is 0.468 e. The summed E-state index contributed by atoms with van der Waals surface area (Å²) < 4.78 is 7.42. The zero-order chi connectivity index (χ0) is 17.8. The van der Waals surface area contributed by atoms with Crippen molar-refractivity contribution in [2.24, 2.45) is 4.99 Å². The summed E-state index contributed by atoms with van der Waals surface area (Å²) >= 11 is 2.98. The predicted molar refractivity (Wildman–Crippen MR) is 99.9 cm³/mol. The minimum Gasteiger partial charge on any atom is -0.468 e.